The molecule has 0 radical (unpaired) electrons. The molecule has 0 amide bonds. The van der Waals surface area contributed by atoms with Gasteiger partial charge in [-0.1, -0.05) is 23.4 Å². The normalized spacial score (nSPS) is 12.0. The Balaban J connectivity index is 2.20. The third-order valence-electron chi connectivity index (χ3n) is 2.59. The smallest absolute Gasteiger partial charge is 0.268 e. The first kappa shape index (κ1) is 11.2. The van der Waals surface area contributed by atoms with Crippen molar-refractivity contribution in [2.24, 2.45) is 0 Å². The second-order valence-electron chi connectivity index (χ2n) is 3.71. The number of pyridine rings is 1. The summed E-state index contributed by atoms with van der Waals surface area (Å²) in [4.78, 5) is 15.9. The molecular weight excluding hydrogens is 270 g/mol. The maximum Gasteiger partial charge on any atom is 0.268 e. The minimum Gasteiger partial charge on any atom is -0.352 e. The Morgan fingerprint density at radius 2 is 2.17 bits per heavy atom. The Hall–Kier alpha value is -1.90. The summed E-state index contributed by atoms with van der Waals surface area (Å²) < 4.78 is 0. The minimum absolute atomic E-state index is 0.0978. The van der Waals surface area contributed by atoms with E-state index in [0.29, 0.717) is 10.7 Å². The van der Waals surface area contributed by atoms with Crippen LogP contribution in [0.25, 0.3) is 0 Å². The lowest BCUT2D eigenvalue weighted by molar-refractivity contribution is 1.14. The van der Waals surface area contributed by atoms with Crippen molar-refractivity contribution in [2.75, 3.05) is 5.32 Å². The van der Waals surface area contributed by atoms with E-state index in [1.165, 1.54) is 11.8 Å². The maximum absolute atomic E-state index is 11.5. The van der Waals surface area contributed by atoms with Gasteiger partial charge in [-0.2, -0.15) is 5.26 Å². The van der Waals surface area contributed by atoms with Gasteiger partial charge in [0.2, 0.25) is 0 Å². The number of halogens is 1. The van der Waals surface area contributed by atoms with Gasteiger partial charge < -0.3 is 10.3 Å². The van der Waals surface area contributed by atoms with Crippen LogP contribution in [0.3, 0.4) is 0 Å². The number of anilines is 2. The molecule has 0 fully saturated rings. The number of aromatic amines is 1. The first-order chi connectivity index (χ1) is 8.69. The number of H-pyrrole nitrogens is 1. The van der Waals surface area contributed by atoms with Crippen LogP contribution in [0.1, 0.15) is 5.56 Å². The third-order valence-corrected chi connectivity index (χ3v) is 3.93. The first-order valence-electron chi connectivity index (χ1n) is 5.09. The molecule has 0 saturated heterocycles. The van der Waals surface area contributed by atoms with Crippen molar-refractivity contribution in [1.29, 1.82) is 5.26 Å². The summed E-state index contributed by atoms with van der Waals surface area (Å²) in [5, 5.41) is 12.8. The fraction of sp³-hybridized carbons (Fsp3) is 0. The van der Waals surface area contributed by atoms with Crippen LogP contribution in [0.5, 0.6) is 0 Å². The average molecular weight is 276 g/mol. The van der Waals surface area contributed by atoms with Crippen LogP contribution in [0.2, 0.25) is 5.02 Å². The molecule has 0 saturated carbocycles. The van der Waals surface area contributed by atoms with Gasteiger partial charge in [0.15, 0.2) is 0 Å². The zero-order chi connectivity index (χ0) is 12.7. The van der Waals surface area contributed by atoms with Crippen molar-refractivity contribution < 1.29 is 0 Å². The Morgan fingerprint density at radius 1 is 1.33 bits per heavy atom. The largest absolute Gasteiger partial charge is 0.352 e. The zero-order valence-electron chi connectivity index (χ0n) is 8.95. The van der Waals surface area contributed by atoms with Crippen molar-refractivity contribution in [1.82, 2.24) is 4.98 Å². The van der Waals surface area contributed by atoms with Crippen LogP contribution in [-0.2, 0) is 0 Å². The predicted octanol–water partition coefficient (Wildman–Crippen LogP) is 3.11. The SMILES string of the molecule is N#Cc1c2c(c[nH]c1=O)Sc1cc(Cl)ccc1N2. The van der Waals surface area contributed by atoms with Crippen molar-refractivity contribution in [3.8, 4) is 6.07 Å². The molecule has 88 valence electrons. The van der Waals surface area contributed by atoms with Crippen molar-refractivity contribution >= 4 is 34.7 Å². The monoisotopic (exact) mass is 275 g/mol. The molecule has 0 bridgehead atoms. The summed E-state index contributed by atoms with van der Waals surface area (Å²) in [6.07, 6.45) is 1.60. The topological polar surface area (TPSA) is 68.7 Å². The van der Waals surface area contributed by atoms with Crippen LogP contribution in [-0.4, -0.2) is 4.98 Å². The van der Waals surface area contributed by atoms with Gasteiger partial charge in [0, 0.05) is 16.1 Å². The predicted molar refractivity (Wildman–Crippen MR) is 70.6 cm³/mol. The number of nitrogens with zero attached hydrogens (tertiary/aromatic N) is 1. The second-order valence-corrected chi connectivity index (χ2v) is 5.23. The lowest BCUT2D eigenvalue weighted by Gasteiger charge is -2.21. The molecule has 18 heavy (non-hydrogen) atoms. The van der Waals surface area contributed by atoms with Gasteiger partial charge in [0.1, 0.15) is 11.6 Å². The summed E-state index contributed by atoms with van der Waals surface area (Å²) in [7, 11) is 0. The van der Waals surface area contributed by atoms with E-state index in [0.717, 1.165) is 15.5 Å². The summed E-state index contributed by atoms with van der Waals surface area (Å²) in [6, 6.07) is 7.35. The van der Waals surface area contributed by atoms with Gasteiger partial charge in [-0.25, -0.2) is 0 Å². The van der Waals surface area contributed by atoms with Gasteiger partial charge in [-0.15, -0.1) is 0 Å². The molecule has 1 aliphatic rings. The highest BCUT2D eigenvalue weighted by molar-refractivity contribution is 7.99. The van der Waals surface area contributed by atoms with E-state index >= 15 is 0 Å². The van der Waals surface area contributed by atoms with E-state index in [1.54, 1.807) is 12.3 Å². The van der Waals surface area contributed by atoms with Crippen LogP contribution < -0.4 is 10.9 Å². The molecule has 2 aromatic rings. The van der Waals surface area contributed by atoms with Crippen LogP contribution >= 0.6 is 23.4 Å². The molecule has 1 aromatic carbocycles. The van der Waals surface area contributed by atoms with E-state index in [2.05, 4.69) is 10.3 Å². The first-order valence-corrected chi connectivity index (χ1v) is 6.28. The molecule has 2 N–H and O–H groups in total. The number of nitrogens with one attached hydrogen (secondary N) is 2. The van der Waals surface area contributed by atoms with E-state index in [-0.39, 0.29) is 11.1 Å². The molecule has 4 nitrogen and oxygen atoms in total. The van der Waals surface area contributed by atoms with Gasteiger partial charge in [-0.05, 0) is 18.2 Å². The number of rotatable bonds is 0. The van der Waals surface area contributed by atoms with Crippen LogP contribution in [0.15, 0.2) is 39.0 Å². The summed E-state index contributed by atoms with van der Waals surface area (Å²) in [6.45, 7) is 0. The highest BCUT2D eigenvalue weighted by atomic mass is 35.5. The molecule has 3 rings (SSSR count). The summed E-state index contributed by atoms with van der Waals surface area (Å²) in [5.41, 5.74) is 1.11. The Labute approximate surface area is 112 Å². The van der Waals surface area contributed by atoms with Crippen LogP contribution in [0.4, 0.5) is 11.4 Å². The number of hydrogen-bond acceptors (Lipinski definition) is 4. The van der Waals surface area contributed by atoms with Gasteiger partial charge in [-0.3, -0.25) is 4.79 Å². The lowest BCUT2D eigenvalue weighted by Crippen LogP contribution is -2.14. The second kappa shape index (κ2) is 4.09. The fourth-order valence-electron chi connectivity index (χ4n) is 1.76. The van der Waals surface area contributed by atoms with E-state index in [1.807, 2.05) is 18.2 Å². The third kappa shape index (κ3) is 1.67. The summed E-state index contributed by atoms with van der Waals surface area (Å²) >= 11 is 7.40. The fourth-order valence-corrected chi connectivity index (χ4v) is 3.02. The number of benzene rings is 1. The molecule has 2 heterocycles. The summed E-state index contributed by atoms with van der Waals surface area (Å²) in [5.74, 6) is 0. The molecule has 0 unspecified atom stereocenters. The highest BCUT2D eigenvalue weighted by Crippen LogP contribution is 2.45. The molecule has 0 spiro atoms. The van der Waals surface area contributed by atoms with E-state index < -0.39 is 0 Å². The standard InChI is InChI=1S/C12H6ClN3OS/c13-6-1-2-8-9(3-6)18-10-5-15-12(17)7(4-14)11(10)16-8/h1-3,5,16H,(H,15,17). The van der Waals surface area contributed by atoms with Crippen molar-refractivity contribution in [3.63, 3.8) is 0 Å². The maximum atomic E-state index is 11.5. The Bertz CT molecular complexity index is 748. The van der Waals surface area contributed by atoms with E-state index in [4.69, 9.17) is 16.9 Å². The number of fused-ring (bicyclic) bond motifs is 2. The van der Waals surface area contributed by atoms with Crippen molar-refractivity contribution in [2.45, 2.75) is 9.79 Å². The Morgan fingerprint density at radius 3 is 2.94 bits per heavy atom. The van der Waals surface area contributed by atoms with Gasteiger partial charge >= 0.3 is 0 Å². The number of aromatic nitrogens is 1. The molecule has 0 aliphatic carbocycles. The van der Waals surface area contributed by atoms with E-state index in [9.17, 15) is 4.79 Å². The number of nitriles is 1. The van der Waals surface area contributed by atoms with Crippen molar-refractivity contribution in [3.05, 3.63) is 45.3 Å². The van der Waals surface area contributed by atoms with Gasteiger partial charge in [0.25, 0.3) is 5.56 Å². The molecule has 0 atom stereocenters. The van der Waals surface area contributed by atoms with Crippen LogP contribution in [0, 0.1) is 11.3 Å². The zero-order valence-corrected chi connectivity index (χ0v) is 10.5. The van der Waals surface area contributed by atoms with Gasteiger partial charge in [0.05, 0.1) is 16.3 Å². The molecule has 1 aromatic heterocycles. The molecule has 1 aliphatic heterocycles. The Kier molecular flexibility index (Phi) is 2.54. The molecule has 6 heteroatoms. The quantitative estimate of drug-likeness (QED) is 0.661. The lowest BCUT2D eigenvalue weighted by atomic mass is 10.2. The highest BCUT2D eigenvalue weighted by Gasteiger charge is 2.20. The number of hydrogen-bond donors (Lipinski definition) is 2. The average Bonchev–Trinajstić information content (AvgIpc) is 2.36. The minimum atomic E-state index is -0.387. The molecular formula is C12H6ClN3OS.